The third-order valence-corrected chi connectivity index (χ3v) is 5.59. The second kappa shape index (κ2) is 8.28. The van der Waals surface area contributed by atoms with Crippen LogP contribution in [0.1, 0.15) is 49.5 Å². The molecule has 2 aromatic rings. The van der Waals surface area contributed by atoms with Gasteiger partial charge in [-0.05, 0) is 49.1 Å². The van der Waals surface area contributed by atoms with Crippen molar-refractivity contribution in [2.24, 2.45) is 0 Å². The molecule has 2 heterocycles. The van der Waals surface area contributed by atoms with E-state index >= 15 is 0 Å². The number of hydrogen-bond donors (Lipinski definition) is 0. The van der Waals surface area contributed by atoms with Gasteiger partial charge in [0, 0.05) is 32.4 Å². The summed E-state index contributed by atoms with van der Waals surface area (Å²) in [6, 6.07) is 10.5. The minimum Gasteiger partial charge on any atom is -0.495 e. The Labute approximate surface area is 175 Å². The molecule has 0 radical (unpaired) electrons. The second-order valence-electron chi connectivity index (χ2n) is 7.40. The van der Waals surface area contributed by atoms with Crippen molar-refractivity contribution < 1.29 is 23.9 Å². The first-order chi connectivity index (χ1) is 14.6. The van der Waals surface area contributed by atoms with Gasteiger partial charge in [0.15, 0.2) is 0 Å². The molecule has 0 fully saturated rings. The number of carbonyl (C=O) groups excluding carboxylic acids is 3. The highest BCUT2D eigenvalue weighted by atomic mass is 16.5. The van der Waals surface area contributed by atoms with Gasteiger partial charge in [-0.2, -0.15) is 0 Å². The lowest BCUT2D eigenvalue weighted by Crippen LogP contribution is -2.36. The number of imide groups is 1. The third-order valence-electron chi connectivity index (χ3n) is 5.59. The first kappa shape index (κ1) is 20.1. The van der Waals surface area contributed by atoms with Crippen molar-refractivity contribution in [3.8, 4) is 5.75 Å². The van der Waals surface area contributed by atoms with Crippen molar-refractivity contribution in [2.45, 2.75) is 19.3 Å². The highest BCUT2D eigenvalue weighted by Crippen LogP contribution is 2.37. The number of nitrogens with zero attached hydrogens (tertiary/aromatic N) is 2. The molecule has 0 aliphatic carbocycles. The predicted molar refractivity (Wildman–Crippen MR) is 111 cm³/mol. The van der Waals surface area contributed by atoms with Gasteiger partial charge < -0.3 is 14.4 Å². The maximum absolute atomic E-state index is 13.4. The first-order valence-electron chi connectivity index (χ1n) is 10.0. The van der Waals surface area contributed by atoms with Crippen molar-refractivity contribution in [1.29, 1.82) is 0 Å². The standard InChI is InChI=1S/C23H24N2O5/c1-29-13-5-12-25-22(27)17-10-9-16(14-18(17)23(25)28)21(26)24-11-4-7-15-6-3-8-19(30-2)20(15)24/h3,6,8-10,14H,4-5,7,11-13H2,1-2H3. The highest BCUT2D eigenvalue weighted by molar-refractivity contribution is 6.22. The molecule has 0 spiro atoms. The Bertz CT molecular complexity index is 1000. The van der Waals surface area contributed by atoms with E-state index in [2.05, 4.69) is 0 Å². The predicted octanol–water partition coefficient (Wildman–Crippen LogP) is 2.92. The van der Waals surface area contributed by atoms with Crippen LogP contribution in [0.2, 0.25) is 0 Å². The largest absolute Gasteiger partial charge is 0.495 e. The van der Waals surface area contributed by atoms with E-state index in [1.165, 1.54) is 11.0 Å². The van der Waals surface area contributed by atoms with Gasteiger partial charge >= 0.3 is 0 Å². The molecule has 2 aliphatic heterocycles. The number of hydrogen-bond acceptors (Lipinski definition) is 5. The van der Waals surface area contributed by atoms with E-state index in [1.54, 1.807) is 31.3 Å². The van der Waals surface area contributed by atoms with Crippen LogP contribution in [0.25, 0.3) is 0 Å². The maximum Gasteiger partial charge on any atom is 0.261 e. The van der Waals surface area contributed by atoms with Gasteiger partial charge in [0.05, 0.1) is 23.9 Å². The molecule has 0 saturated carbocycles. The summed E-state index contributed by atoms with van der Waals surface area (Å²) in [5.74, 6) is -0.244. The zero-order valence-electron chi connectivity index (χ0n) is 17.1. The summed E-state index contributed by atoms with van der Waals surface area (Å²) < 4.78 is 10.5. The van der Waals surface area contributed by atoms with Crippen molar-refractivity contribution in [2.75, 3.05) is 38.8 Å². The van der Waals surface area contributed by atoms with Gasteiger partial charge in [-0.25, -0.2) is 0 Å². The normalized spacial score (nSPS) is 15.3. The average Bonchev–Trinajstić information content (AvgIpc) is 3.02. The lowest BCUT2D eigenvalue weighted by Gasteiger charge is -2.31. The number of methoxy groups -OCH3 is 2. The van der Waals surface area contributed by atoms with E-state index in [0.29, 0.717) is 43.0 Å². The molecule has 0 aromatic heterocycles. The van der Waals surface area contributed by atoms with Crippen LogP contribution in [0.5, 0.6) is 5.75 Å². The third kappa shape index (κ3) is 3.35. The van der Waals surface area contributed by atoms with E-state index in [9.17, 15) is 14.4 Å². The Balaban J connectivity index is 1.64. The molecule has 2 aromatic carbocycles. The molecule has 156 valence electrons. The monoisotopic (exact) mass is 408 g/mol. The van der Waals surface area contributed by atoms with Gasteiger partial charge in [0.25, 0.3) is 17.7 Å². The Kier molecular flexibility index (Phi) is 5.55. The summed E-state index contributed by atoms with van der Waals surface area (Å²) in [4.78, 5) is 41.6. The van der Waals surface area contributed by atoms with E-state index in [1.807, 2.05) is 18.2 Å². The highest BCUT2D eigenvalue weighted by Gasteiger charge is 2.36. The minimum absolute atomic E-state index is 0.207. The zero-order chi connectivity index (χ0) is 21.3. The van der Waals surface area contributed by atoms with Crippen LogP contribution in [-0.4, -0.2) is 56.5 Å². The molecule has 4 rings (SSSR count). The Morgan fingerprint density at radius 3 is 2.63 bits per heavy atom. The van der Waals surface area contributed by atoms with Crippen LogP contribution in [0.4, 0.5) is 5.69 Å². The van der Waals surface area contributed by atoms with Crippen LogP contribution in [0.15, 0.2) is 36.4 Å². The average molecular weight is 408 g/mol. The van der Waals surface area contributed by atoms with Crippen LogP contribution < -0.4 is 9.64 Å². The molecule has 0 unspecified atom stereocenters. The van der Waals surface area contributed by atoms with E-state index < -0.39 is 0 Å². The lowest BCUT2D eigenvalue weighted by molar-refractivity contribution is 0.0638. The van der Waals surface area contributed by atoms with Gasteiger partial charge in [-0.15, -0.1) is 0 Å². The van der Waals surface area contributed by atoms with Gasteiger partial charge in [-0.3, -0.25) is 19.3 Å². The van der Waals surface area contributed by atoms with Gasteiger partial charge in [0.2, 0.25) is 0 Å². The lowest BCUT2D eigenvalue weighted by atomic mass is 9.99. The van der Waals surface area contributed by atoms with Gasteiger partial charge in [0.1, 0.15) is 5.75 Å². The van der Waals surface area contributed by atoms with Crippen LogP contribution >= 0.6 is 0 Å². The molecule has 3 amide bonds. The number of benzene rings is 2. The number of ether oxygens (including phenoxy) is 2. The van der Waals surface area contributed by atoms with Crippen molar-refractivity contribution >= 4 is 23.4 Å². The summed E-state index contributed by atoms with van der Waals surface area (Å²) in [6.45, 7) is 1.33. The Morgan fingerprint density at radius 2 is 1.87 bits per heavy atom. The quantitative estimate of drug-likeness (QED) is 0.543. The number of fused-ring (bicyclic) bond motifs is 2. The molecule has 0 atom stereocenters. The molecule has 0 N–H and O–H groups in total. The molecule has 0 saturated heterocycles. The minimum atomic E-state index is -0.364. The number of amides is 3. The van der Waals surface area contributed by atoms with Crippen LogP contribution in [0.3, 0.4) is 0 Å². The SMILES string of the molecule is COCCCN1C(=O)c2ccc(C(=O)N3CCCc4cccc(OC)c43)cc2C1=O. The van der Waals surface area contributed by atoms with E-state index in [0.717, 1.165) is 24.1 Å². The van der Waals surface area contributed by atoms with Crippen LogP contribution in [-0.2, 0) is 11.2 Å². The Morgan fingerprint density at radius 1 is 1.07 bits per heavy atom. The summed E-state index contributed by atoms with van der Waals surface area (Å²) in [5, 5.41) is 0. The fourth-order valence-corrected chi connectivity index (χ4v) is 4.13. The summed E-state index contributed by atoms with van der Waals surface area (Å²) in [7, 11) is 3.17. The number of para-hydroxylation sites is 1. The Hall–Kier alpha value is -3.19. The zero-order valence-corrected chi connectivity index (χ0v) is 17.1. The molecule has 0 bridgehead atoms. The number of carbonyl (C=O) groups is 3. The van der Waals surface area contributed by atoms with Crippen molar-refractivity contribution in [3.05, 3.63) is 58.7 Å². The van der Waals surface area contributed by atoms with Crippen molar-refractivity contribution in [3.63, 3.8) is 0 Å². The summed E-state index contributed by atoms with van der Waals surface area (Å²) in [6.07, 6.45) is 2.30. The molecular weight excluding hydrogens is 384 g/mol. The topological polar surface area (TPSA) is 76.2 Å². The summed E-state index contributed by atoms with van der Waals surface area (Å²) in [5.41, 5.74) is 2.84. The van der Waals surface area contributed by atoms with Gasteiger partial charge in [-0.1, -0.05) is 12.1 Å². The molecular formula is C23H24N2O5. The van der Waals surface area contributed by atoms with E-state index in [-0.39, 0.29) is 23.3 Å². The first-order valence-corrected chi connectivity index (χ1v) is 10.0. The maximum atomic E-state index is 13.4. The molecule has 7 nitrogen and oxygen atoms in total. The fourth-order valence-electron chi connectivity index (χ4n) is 4.13. The van der Waals surface area contributed by atoms with Crippen LogP contribution in [0, 0.1) is 0 Å². The second-order valence-corrected chi connectivity index (χ2v) is 7.40. The molecule has 30 heavy (non-hydrogen) atoms. The molecule has 7 heteroatoms. The number of rotatable bonds is 6. The van der Waals surface area contributed by atoms with E-state index in [4.69, 9.17) is 9.47 Å². The summed E-state index contributed by atoms with van der Waals surface area (Å²) >= 11 is 0. The fraction of sp³-hybridized carbons (Fsp3) is 0.348. The number of anilines is 1. The smallest absolute Gasteiger partial charge is 0.261 e. The number of aryl methyl sites for hydroxylation is 1. The molecule has 2 aliphatic rings. The van der Waals surface area contributed by atoms with Crippen molar-refractivity contribution in [1.82, 2.24) is 4.90 Å².